The van der Waals surface area contributed by atoms with Crippen LogP contribution in [0.5, 0.6) is 0 Å². The monoisotopic (exact) mass is 245 g/mol. The molecule has 0 amide bonds. The zero-order chi connectivity index (χ0) is 11.9. The Balaban J connectivity index is 2.07. The molecule has 0 aromatic carbocycles. The Morgan fingerprint density at radius 1 is 1.18 bits per heavy atom. The number of rotatable bonds is 1. The fourth-order valence-corrected chi connectivity index (χ4v) is 2.67. The predicted molar refractivity (Wildman–Crippen MR) is 68.2 cm³/mol. The van der Waals surface area contributed by atoms with Crippen LogP contribution >= 0.6 is 11.8 Å². The van der Waals surface area contributed by atoms with E-state index in [0.29, 0.717) is 17.0 Å². The highest BCUT2D eigenvalue weighted by Gasteiger charge is 2.27. The van der Waals surface area contributed by atoms with E-state index in [1.54, 1.807) is 30.4 Å². The molecule has 0 atom stereocenters. The molecule has 0 radical (unpaired) electrons. The molecule has 17 heavy (non-hydrogen) atoms. The van der Waals surface area contributed by atoms with Crippen molar-refractivity contribution >= 4 is 28.0 Å². The molecule has 2 aromatic rings. The number of hydrogen-bond donors (Lipinski definition) is 0. The molecule has 3 heterocycles. The van der Waals surface area contributed by atoms with Crippen LogP contribution in [0.4, 0.5) is 0 Å². The van der Waals surface area contributed by atoms with Gasteiger partial charge in [-0.2, -0.15) is 0 Å². The van der Waals surface area contributed by atoms with Crippen molar-refractivity contribution in [1.82, 2.24) is 19.9 Å². The highest BCUT2D eigenvalue weighted by molar-refractivity contribution is 8.14. The van der Waals surface area contributed by atoms with Gasteiger partial charge >= 0.3 is 0 Å². The molecular formula is C11H11N5S. The summed E-state index contributed by atoms with van der Waals surface area (Å²) in [5.41, 5.74) is 1.30. The Hall–Kier alpha value is -1.56. The van der Waals surface area contributed by atoms with E-state index in [-0.39, 0.29) is 5.54 Å². The molecule has 6 heteroatoms. The molecule has 1 aliphatic heterocycles. The largest absolute Gasteiger partial charge is 0.268 e. The van der Waals surface area contributed by atoms with Crippen molar-refractivity contribution in [3.63, 3.8) is 0 Å². The van der Waals surface area contributed by atoms with Crippen molar-refractivity contribution in [3.05, 3.63) is 24.4 Å². The zero-order valence-electron chi connectivity index (χ0n) is 9.58. The number of aromatic nitrogens is 4. The summed E-state index contributed by atoms with van der Waals surface area (Å²) in [6.07, 6.45) is 4.96. The normalized spacial score (nSPS) is 18.4. The SMILES string of the molecule is CC1(C)CSC(c2ncc3nccnc3n2)=N1. The lowest BCUT2D eigenvalue weighted by Gasteiger charge is -2.09. The third kappa shape index (κ3) is 2.00. The smallest absolute Gasteiger partial charge is 0.186 e. The highest BCUT2D eigenvalue weighted by atomic mass is 32.2. The maximum atomic E-state index is 4.60. The van der Waals surface area contributed by atoms with E-state index in [4.69, 9.17) is 0 Å². The Morgan fingerprint density at radius 3 is 2.76 bits per heavy atom. The first kappa shape index (κ1) is 10.6. The van der Waals surface area contributed by atoms with Gasteiger partial charge in [0.1, 0.15) is 10.6 Å². The van der Waals surface area contributed by atoms with Gasteiger partial charge in [-0.3, -0.25) is 4.99 Å². The van der Waals surface area contributed by atoms with Gasteiger partial charge in [-0.15, -0.1) is 11.8 Å². The van der Waals surface area contributed by atoms with Crippen LogP contribution in [0.1, 0.15) is 19.7 Å². The van der Waals surface area contributed by atoms with Crippen LogP contribution < -0.4 is 0 Å². The molecule has 0 spiro atoms. The van der Waals surface area contributed by atoms with E-state index in [1.165, 1.54) is 0 Å². The lowest BCUT2D eigenvalue weighted by Crippen LogP contribution is -2.15. The van der Waals surface area contributed by atoms with Crippen molar-refractivity contribution in [3.8, 4) is 0 Å². The van der Waals surface area contributed by atoms with E-state index < -0.39 is 0 Å². The average Bonchev–Trinajstić information content (AvgIpc) is 2.69. The second-order valence-electron chi connectivity index (χ2n) is 4.48. The summed E-state index contributed by atoms with van der Waals surface area (Å²) in [7, 11) is 0. The molecule has 3 rings (SSSR count). The van der Waals surface area contributed by atoms with Crippen LogP contribution in [-0.4, -0.2) is 36.3 Å². The second kappa shape index (κ2) is 3.73. The maximum absolute atomic E-state index is 4.60. The summed E-state index contributed by atoms with van der Waals surface area (Å²) in [6.45, 7) is 4.21. The Kier molecular flexibility index (Phi) is 2.32. The first-order valence-corrected chi connectivity index (χ1v) is 6.29. The highest BCUT2D eigenvalue weighted by Crippen LogP contribution is 2.29. The van der Waals surface area contributed by atoms with Crippen molar-refractivity contribution in [1.29, 1.82) is 0 Å². The van der Waals surface area contributed by atoms with Crippen molar-refractivity contribution in [2.75, 3.05) is 5.75 Å². The van der Waals surface area contributed by atoms with E-state index in [2.05, 4.69) is 38.8 Å². The quantitative estimate of drug-likeness (QED) is 0.765. The fourth-order valence-electron chi connectivity index (χ4n) is 1.57. The average molecular weight is 245 g/mol. The fraction of sp³-hybridized carbons (Fsp3) is 0.364. The number of fused-ring (bicyclic) bond motifs is 1. The summed E-state index contributed by atoms with van der Waals surface area (Å²) >= 11 is 1.69. The first-order chi connectivity index (χ1) is 8.14. The minimum atomic E-state index is -0.0271. The van der Waals surface area contributed by atoms with Gasteiger partial charge in [0.15, 0.2) is 11.5 Å². The molecule has 0 aliphatic carbocycles. The van der Waals surface area contributed by atoms with Gasteiger partial charge in [0, 0.05) is 18.1 Å². The molecule has 0 unspecified atom stereocenters. The molecular weight excluding hydrogens is 234 g/mol. The standard InChI is InChI=1S/C11H11N5S/c1-11(2)6-17-10(16-11)9-14-5-7-8(15-9)13-4-3-12-7/h3-5H,6H2,1-2H3. The molecule has 0 saturated heterocycles. The van der Waals surface area contributed by atoms with Crippen molar-refractivity contribution in [2.24, 2.45) is 4.99 Å². The molecule has 1 aliphatic rings. The Labute approximate surface area is 103 Å². The molecule has 0 N–H and O–H groups in total. The van der Waals surface area contributed by atoms with Crippen LogP contribution in [0.3, 0.4) is 0 Å². The van der Waals surface area contributed by atoms with Gasteiger partial charge in [-0.05, 0) is 13.8 Å². The van der Waals surface area contributed by atoms with Crippen LogP contribution in [0, 0.1) is 0 Å². The molecule has 5 nitrogen and oxygen atoms in total. The van der Waals surface area contributed by atoms with Gasteiger partial charge in [0.25, 0.3) is 0 Å². The molecule has 0 fully saturated rings. The molecule has 0 saturated carbocycles. The van der Waals surface area contributed by atoms with Crippen LogP contribution in [0.2, 0.25) is 0 Å². The predicted octanol–water partition coefficient (Wildman–Crippen LogP) is 1.69. The first-order valence-electron chi connectivity index (χ1n) is 5.31. The van der Waals surface area contributed by atoms with Gasteiger partial charge in [0.05, 0.1) is 11.7 Å². The summed E-state index contributed by atoms with van der Waals surface area (Å²) in [4.78, 5) is 21.6. The Morgan fingerprint density at radius 2 is 2.00 bits per heavy atom. The van der Waals surface area contributed by atoms with Crippen molar-refractivity contribution in [2.45, 2.75) is 19.4 Å². The number of thioether (sulfide) groups is 1. The summed E-state index contributed by atoms with van der Waals surface area (Å²) in [5.74, 6) is 1.61. The van der Waals surface area contributed by atoms with E-state index in [1.807, 2.05) is 0 Å². The molecule has 86 valence electrons. The maximum Gasteiger partial charge on any atom is 0.186 e. The summed E-state index contributed by atoms with van der Waals surface area (Å²) in [5, 5.41) is 0.891. The number of nitrogens with zero attached hydrogens (tertiary/aromatic N) is 5. The Bertz CT molecular complexity index is 608. The van der Waals surface area contributed by atoms with E-state index in [9.17, 15) is 0 Å². The van der Waals surface area contributed by atoms with Crippen molar-refractivity contribution < 1.29 is 0 Å². The summed E-state index contributed by atoms with van der Waals surface area (Å²) < 4.78 is 0. The lowest BCUT2D eigenvalue weighted by molar-refractivity contribution is 0.605. The third-order valence-electron chi connectivity index (χ3n) is 2.38. The van der Waals surface area contributed by atoms with Gasteiger partial charge in [-0.1, -0.05) is 0 Å². The van der Waals surface area contributed by atoms with Gasteiger partial charge in [0.2, 0.25) is 0 Å². The number of aliphatic imine (C=N–C) groups is 1. The van der Waals surface area contributed by atoms with E-state index in [0.717, 1.165) is 10.8 Å². The zero-order valence-corrected chi connectivity index (χ0v) is 10.4. The summed E-state index contributed by atoms with van der Waals surface area (Å²) in [6, 6.07) is 0. The van der Waals surface area contributed by atoms with Gasteiger partial charge < -0.3 is 0 Å². The lowest BCUT2D eigenvalue weighted by atomic mass is 10.1. The van der Waals surface area contributed by atoms with Crippen LogP contribution in [0.15, 0.2) is 23.6 Å². The second-order valence-corrected chi connectivity index (χ2v) is 5.44. The minimum absolute atomic E-state index is 0.0271. The molecule has 2 aromatic heterocycles. The van der Waals surface area contributed by atoms with Crippen LogP contribution in [-0.2, 0) is 0 Å². The van der Waals surface area contributed by atoms with Crippen LogP contribution in [0.25, 0.3) is 11.2 Å². The van der Waals surface area contributed by atoms with Gasteiger partial charge in [-0.25, -0.2) is 19.9 Å². The van der Waals surface area contributed by atoms with E-state index >= 15 is 0 Å². The third-order valence-corrected chi connectivity index (χ3v) is 3.78. The minimum Gasteiger partial charge on any atom is -0.268 e. The number of hydrogen-bond acceptors (Lipinski definition) is 6. The molecule has 0 bridgehead atoms. The topological polar surface area (TPSA) is 63.9 Å².